The number of amides is 1. The molecule has 0 radical (unpaired) electrons. The number of halogens is 1. The average molecular weight is 503 g/mol. The molecule has 6 nitrogen and oxygen atoms in total. The Labute approximate surface area is 204 Å². The van der Waals surface area contributed by atoms with E-state index in [1.54, 1.807) is 12.1 Å². The molecule has 0 atom stereocenters. The van der Waals surface area contributed by atoms with Gasteiger partial charge in [-0.25, -0.2) is 12.8 Å². The van der Waals surface area contributed by atoms with E-state index in [1.165, 1.54) is 42.1 Å². The number of anilines is 1. The van der Waals surface area contributed by atoms with E-state index >= 15 is 0 Å². The lowest BCUT2D eigenvalue weighted by atomic mass is 10.2. The molecular formula is C25H27FN2O4S2. The molecule has 3 rings (SSSR count). The van der Waals surface area contributed by atoms with Crippen LogP contribution in [0, 0.1) is 5.82 Å². The second-order valence-corrected chi connectivity index (χ2v) is 10.5. The largest absolute Gasteiger partial charge is 0.491 e. The Balaban J connectivity index is 1.78. The molecule has 34 heavy (non-hydrogen) atoms. The van der Waals surface area contributed by atoms with Gasteiger partial charge in [0.25, 0.3) is 10.0 Å². The van der Waals surface area contributed by atoms with Gasteiger partial charge in [0, 0.05) is 11.4 Å². The van der Waals surface area contributed by atoms with Crippen molar-refractivity contribution in [3.05, 3.63) is 84.2 Å². The van der Waals surface area contributed by atoms with E-state index in [2.05, 4.69) is 5.32 Å². The molecule has 1 N–H and O–H groups in total. The number of ether oxygens (including phenoxy) is 1. The number of hydrogen-bond donors (Lipinski definition) is 1. The van der Waals surface area contributed by atoms with Crippen molar-refractivity contribution in [2.75, 3.05) is 17.1 Å². The van der Waals surface area contributed by atoms with E-state index in [-0.39, 0.29) is 23.2 Å². The molecule has 0 spiro atoms. The van der Waals surface area contributed by atoms with Crippen LogP contribution in [-0.2, 0) is 21.4 Å². The molecule has 3 aromatic rings. The third-order valence-corrected chi connectivity index (χ3v) is 7.35. The minimum Gasteiger partial charge on any atom is -0.491 e. The van der Waals surface area contributed by atoms with E-state index in [4.69, 9.17) is 4.74 Å². The molecule has 0 fully saturated rings. The normalized spacial score (nSPS) is 11.3. The van der Waals surface area contributed by atoms with Crippen LogP contribution in [0.3, 0.4) is 0 Å². The molecule has 0 aliphatic heterocycles. The Kier molecular flexibility index (Phi) is 8.57. The first-order chi connectivity index (χ1) is 16.2. The monoisotopic (exact) mass is 502 g/mol. The van der Waals surface area contributed by atoms with Crippen LogP contribution >= 0.6 is 11.8 Å². The van der Waals surface area contributed by atoms with Crippen molar-refractivity contribution in [2.24, 2.45) is 0 Å². The summed E-state index contributed by atoms with van der Waals surface area (Å²) in [6.07, 6.45) is 1.94. The Hall–Kier alpha value is -3.04. The fourth-order valence-corrected chi connectivity index (χ4v) is 4.99. The number of hydrogen-bond acceptors (Lipinski definition) is 5. The molecule has 0 bridgehead atoms. The lowest BCUT2D eigenvalue weighted by Gasteiger charge is -2.24. The van der Waals surface area contributed by atoms with Crippen LogP contribution in [0.5, 0.6) is 5.75 Å². The summed E-state index contributed by atoms with van der Waals surface area (Å²) >= 11 is 1.48. The zero-order valence-corrected chi connectivity index (χ0v) is 20.8. The lowest BCUT2D eigenvalue weighted by molar-refractivity contribution is -0.119. The SMILES string of the molecule is CSc1ccc(S(=O)(=O)N(CC(=O)NCc2ccc(OC(C)C)cc2)c2cccc(F)c2)cc1. The van der Waals surface area contributed by atoms with E-state index < -0.39 is 28.3 Å². The predicted octanol–water partition coefficient (Wildman–Crippen LogP) is 4.85. The van der Waals surface area contributed by atoms with Gasteiger partial charge >= 0.3 is 0 Å². The first kappa shape index (κ1) is 25.6. The maximum Gasteiger partial charge on any atom is 0.264 e. The van der Waals surface area contributed by atoms with Crippen LogP contribution in [0.25, 0.3) is 0 Å². The van der Waals surface area contributed by atoms with E-state index in [0.717, 1.165) is 26.6 Å². The smallest absolute Gasteiger partial charge is 0.264 e. The van der Waals surface area contributed by atoms with Crippen molar-refractivity contribution in [2.45, 2.75) is 36.3 Å². The summed E-state index contributed by atoms with van der Waals surface area (Å²) in [7, 11) is -4.11. The van der Waals surface area contributed by atoms with E-state index in [1.807, 2.05) is 44.4 Å². The van der Waals surface area contributed by atoms with Crippen molar-refractivity contribution in [3.8, 4) is 5.75 Å². The van der Waals surface area contributed by atoms with Gasteiger partial charge in [-0.2, -0.15) is 0 Å². The van der Waals surface area contributed by atoms with Gasteiger partial charge in [-0.15, -0.1) is 11.8 Å². The number of thioether (sulfide) groups is 1. The molecule has 0 saturated heterocycles. The molecular weight excluding hydrogens is 475 g/mol. The third kappa shape index (κ3) is 6.74. The molecule has 3 aromatic carbocycles. The van der Waals surface area contributed by atoms with Gasteiger partial charge in [0.1, 0.15) is 18.1 Å². The molecule has 0 aliphatic carbocycles. The first-order valence-corrected chi connectivity index (χ1v) is 13.3. The number of sulfonamides is 1. The van der Waals surface area contributed by atoms with E-state index in [9.17, 15) is 17.6 Å². The molecule has 0 aliphatic rings. The van der Waals surface area contributed by atoms with Gasteiger partial charge in [0.05, 0.1) is 16.7 Å². The van der Waals surface area contributed by atoms with Crippen molar-refractivity contribution in [3.63, 3.8) is 0 Å². The van der Waals surface area contributed by atoms with E-state index in [0.29, 0.717) is 0 Å². The number of rotatable bonds is 10. The second kappa shape index (κ2) is 11.4. The van der Waals surface area contributed by atoms with Crippen LogP contribution in [0.15, 0.2) is 82.6 Å². The van der Waals surface area contributed by atoms with Gasteiger partial charge in [-0.3, -0.25) is 9.10 Å². The average Bonchev–Trinajstić information content (AvgIpc) is 2.81. The topological polar surface area (TPSA) is 75.7 Å². The Morgan fingerprint density at radius 2 is 1.74 bits per heavy atom. The van der Waals surface area contributed by atoms with Crippen LogP contribution < -0.4 is 14.4 Å². The van der Waals surface area contributed by atoms with Crippen LogP contribution in [0.2, 0.25) is 0 Å². The Bertz CT molecular complexity index is 1210. The van der Waals surface area contributed by atoms with Crippen molar-refractivity contribution in [1.82, 2.24) is 5.32 Å². The fraction of sp³-hybridized carbons (Fsp3) is 0.240. The molecule has 0 aromatic heterocycles. The molecule has 0 saturated carbocycles. The molecule has 0 heterocycles. The summed E-state index contributed by atoms with van der Waals surface area (Å²) in [5, 5.41) is 2.73. The minimum atomic E-state index is -4.11. The highest BCUT2D eigenvalue weighted by molar-refractivity contribution is 7.98. The highest BCUT2D eigenvalue weighted by Crippen LogP contribution is 2.26. The van der Waals surface area contributed by atoms with Crippen LogP contribution in [0.4, 0.5) is 10.1 Å². The molecule has 9 heteroatoms. The summed E-state index contributed by atoms with van der Waals surface area (Å²) in [4.78, 5) is 13.7. The molecule has 0 unspecified atom stereocenters. The van der Waals surface area contributed by atoms with Gasteiger partial charge in [-0.1, -0.05) is 18.2 Å². The predicted molar refractivity (Wildman–Crippen MR) is 133 cm³/mol. The number of benzene rings is 3. The van der Waals surface area contributed by atoms with Crippen molar-refractivity contribution < 1.29 is 22.3 Å². The second-order valence-electron chi connectivity index (χ2n) is 7.75. The number of carbonyl (C=O) groups is 1. The number of carbonyl (C=O) groups excluding carboxylic acids is 1. The van der Waals surface area contributed by atoms with Crippen LogP contribution in [-0.4, -0.2) is 33.2 Å². The van der Waals surface area contributed by atoms with Gasteiger partial charge < -0.3 is 10.1 Å². The zero-order chi connectivity index (χ0) is 24.7. The number of nitrogens with one attached hydrogen (secondary N) is 1. The zero-order valence-electron chi connectivity index (χ0n) is 19.2. The highest BCUT2D eigenvalue weighted by Gasteiger charge is 2.27. The molecule has 1 amide bonds. The quantitative estimate of drug-likeness (QED) is 0.401. The first-order valence-electron chi connectivity index (χ1n) is 10.6. The summed E-state index contributed by atoms with van der Waals surface area (Å²) in [5.41, 5.74) is 0.900. The van der Waals surface area contributed by atoms with Gasteiger partial charge in [0.15, 0.2) is 0 Å². The summed E-state index contributed by atoms with van der Waals surface area (Å²) in [6.45, 7) is 3.58. The Morgan fingerprint density at radius 3 is 2.32 bits per heavy atom. The van der Waals surface area contributed by atoms with Gasteiger partial charge in [0.2, 0.25) is 5.91 Å². The minimum absolute atomic E-state index is 0.0168. The van der Waals surface area contributed by atoms with Crippen molar-refractivity contribution >= 4 is 33.4 Å². The lowest BCUT2D eigenvalue weighted by Crippen LogP contribution is -2.40. The fourth-order valence-electron chi connectivity index (χ4n) is 3.17. The van der Waals surface area contributed by atoms with Crippen LogP contribution in [0.1, 0.15) is 19.4 Å². The molecule has 180 valence electrons. The maximum atomic E-state index is 13.9. The Morgan fingerprint density at radius 1 is 1.06 bits per heavy atom. The standard InChI is InChI=1S/C25H27FN2O4S2/c1-18(2)32-22-9-7-19(8-10-22)16-27-25(29)17-28(21-6-4-5-20(26)15-21)34(30,31)24-13-11-23(33-3)12-14-24/h4-15,18H,16-17H2,1-3H3,(H,27,29). The maximum absolute atomic E-state index is 13.9. The van der Waals surface area contributed by atoms with Crippen molar-refractivity contribution in [1.29, 1.82) is 0 Å². The summed E-state index contributed by atoms with van der Waals surface area (Å²) in [6, 6.07) is 18.8. The van der Waals surface area contributed by atoms with Gasteiger partial charge in [-0.05, 0) is 80.3 Å². The third-order valence-electron chi connectivity index (χ3n) is 4.82. The summed E-state index contributed by atoms with van der Waals surface area (Å²) < 4.78 is 47.2. The highest BCUT2D eigenvalue weighted by atomic mass is 32.2. The summed E-state index contributed by atoms with van der Waals surface area (Å²) in [5.74, 6) is -0.392. The number of nitrogens with zero attached hydrogens (tertiary/aromatic N) is 1.